The molecule has 0 amide bonds. The average Bonchev–Trinajstić information content (AvgIpc) is 2.77. The fraction of sp³-hybridized carbons (Fsp3) is 0.417. The molecule has 0 radical (unpaired) electrons. The van der Waals surface area contributed by atoms with E-state index in [1.54, 1.807) is 10.9 Å². The molecule has 0 saturated heterocycles. The van der Waals surface area contributed by atoms with Crippen molar-refractivity contribution in [1.29, 1.82) is 0 Å². The molecule has 18 heavy (non-hydrogen) atoms. The fourth-order valence-electron chi connectivity index (χ4n) is 1.63. The summed E-state index contributed by atoms with van der Waals surface area (Å²) in [7, 11) is 1.88. The van der Waals surface area contributed by atoms with Crippen molar-refractivity contribution in [1.82, 2.24) is 19.7 Å². The van der Waals surface area contributed by atoms with E-state index >= 15 is 0 Å². The summed E-state index contributed by atoms with van der Waals surface area (Å²) in [5.41, 5.74) is 1.82. The summed E-state index contributed by atoms with van der Waals surface area (Å²) in [5, 5.41) is 7.44. The van der Waals surface area contributed by atoms with Gasteiger partial charge in [0.1, 0.15) is 11.5 Å². The second-order valence-electron chi connectivity index (χ2n) is 4.06. The summed E-state index contributed by atoms with van der Waals surface area (Å²) >= 11 is 3.52. The molecule has 0 atom stereocenters. The van der Waals surface area contributed by atoms with E-state index in [4.69, 9.17) is 0 Å². The van der Waals surface area contributed by atoms with Gasteiger partial charge in [0, 0.05) is 19.8 Å². The summed E-state index contributed by atoms with van der Waals surface area (Å²) in [6.45, 7) is 4.97. The SMILES string of the molecule is CCCNc1nc(-c2ccnn2C)nc(C)c1Br. The highest BCUT2D eigenvalue weighted by Gasteiger charge is 2.12. The van der Waals surface area contributed by atoms with E-state index in [0.717, 1.165) is 34.6 Å². The predicted molar refractivity (Wildman–Crippen MR) is 75.5 cm³/mol. The van der Waals surface area contributed by atoms with Gasteiger partial charge in [-0.3, -0.25) is 4.68 Å². The van der Waals surface area contributed by atoms with Crippen molar-refractivity contribution in [3.8, 4) is 11.5 Å². The highest BCUT2D eigenvalue weighted by molar-refractivity contribution is 9.10. The number of aromatic nitrogens is 4. The predicted octanol–water partition coefficient (Wildman–Crippen LogP) is 2.77. The molecule has 0 bridgehead atoms. The molecule has 0 aliphatic carbocycles. The Morgan fingerprint density at radius 2 is 2.17 bits per heavy atom. The Kier molecular flexibility index (Phi) is 3.96. The Morgan fingerprint density at radius 3 is 2.78 bits per heavy atom. The van der Waals surface area contributed by atoms with Gasteiger partial charge in [0.25, 0.3) is 0 Å². The number of halogens is 1. The second kappa shape index (κ2) is 5.48. The van der Waals surface area contributed by atoms with Gasteiger partial charge in [-0.1, -0.05) is 6.92 Å². The van der Waals surface area contributed by atoms with Crippen LogP contribution in [0.5, 0.6) is 0 Å². The fourth-order valence-corrected chi connectivity index (χ4v) is 1.95. The summed E-state index contributed by atoms with van der Waals surface area (Å²) < 4.78 is 2.69. The van der Waals surface area contributed by atoms with Crippen molar-refractivity contribution >= 4 is 21.7 Å². The molecule has 5 nitrogen and oxygen atoms in total. The lowest BCUT2D eigenvalue weighted by Gasteiger charge is -2.10. The van der Waals surface area contributed by atoms with Gasteiger partial charge in [0.05, 0.1) is 10.2 Å². The maximum atomic E-state index is 4.54. The molecule has 0 unspecified atom stereocenters. The van der Waals surface area contributed by atoms with E-state index < -0.39 is 0 Å². The van der Waals surface area contributed by atoms with E-state index in [2.05, 4.69) is 43.2 Å². The van der Waals surface area contributed by atoms with Gasteiger partial charge in [0.2, 0.25) is 0 Å². The highest BCUT2D eigenvalue weighted by Crippen LogP contribution is 2.26. The third kappa shape index (κ3) is 2.53. The summed E-state index contributed by atoms with van der Waals surface area (Å²) in [6, 6.07) is 1.91. The monoisotopic (exact) mass is 309 g/mol. The van der Waals surface area contributed by atoms with Crippen LogP contribution >= 0.6 is 15.9 Å². The lowest BCUT2D eigenvalue weighted by Crippen LogP contribution is -2.07. The van der Waals surface area contributed by atoms with Gasteiger partial charge in [-0.05, 0) is 35.3 Å². The van der Waals surface area contributed by atoms with E-state index in [1.165, 1.54) is 0 Å². The lowest BCUT2D eigenvalue weighted by atomic mass is 10.3. The molecule has 0 fully saturated rings. The van der Waals surface area contributed by atoms with Crippen LogP contribution in [0.15, 0.2) is 16.7 Å². The van der Waals surface area contributed by atoms with Gasteiger partial charge in [-0.25, -0.2) is 9.97 Å². The van der Waals surface area contributed by atoms with Crippen LogP contribution in [-0.2, 0) is 7.05 Å². The zero-order valence-electron chi connectivity index (χ0n) is 10.7. The highest BCUT2D eigenvalue weighted by atomic mass is 79.9. The van der Waals surface area contributed by atoms with Gasteiger partial charge in [-0.15, -0.1) is 0 Å². The first kappa shape index (κ1) is 13.0. The van der Waals surface area contributed by atoms with Crippen molar-refractivity contribution in [3.63, 3.8) is 0 Å². The Balaban J connectivity index is 2.44. The molecule has 1 N–H and O–H groups in total. The van der Waals surface area contributed by atoms with Crippen molar-refractivity contribution in [2.24, 2.45) is 7.05 Å². The molecule has 0 aliphatic rings. The molecule has 6 heteroatoms. The van der Waals surface area contributed by atoms with Crippen molar-refractivity contribution in [3.05, 3.63) is 22.4 Å². The molecule has 2 rings (SSSR count). The van der Waals surface area contributed by atoms with E-state index in [1.807, 2.05) is 20.0 Å². The molecule has 0 saturated carbocycles. The van der Waals surface area contributed by atoms with Crippen LogP contribution in [0.3, 0.4) is 0 Å². The molecule has 0 aromatic carbocycles. The van der Waals surface area contributed by atoms with Crippen LogP contribution in [0.2, 0.25) is 0 Å². The minimum Gasteiger partial charge on any atom is -0.369 e. The van der Waals surface area contributed by atoms with Crippen LogP contribution in [0.4, 0.5) is 5.82 Å². The molecular weight excluding hydrogens is 294 g/mol. The van der Waals surface area contributed by atoms with Crippen LogP contribution in [0.25, 0.3) is 11.5 Å². The van der Waals surface area contributed by atoms with E-state index in [9.17, 15) is 0 Å². The molecule has 0 aliphatic heterocycles. The quantitative estimate of drug-likeness (QED) is 0.943. The minimum atomic E-state index is 0.689. The van der Waals surface area contributed by atoms with Crippen LogP contribution in [0.1, 0.15) is 19.0 Å². The first-order valence-corrected chi connectivity index (χ1v) is 6.69. The minimum absolute atomic E-state index is 0.689. The van der Waals surface area contributed by atoms with Crippen molar-refractivity contribution in [2.45, 2.75) is 20.3 Å². The maximum absolute atomic E-state index is 4.54. The smallest absolute Gasteiger partial charge is 0.180 e. The van der Waals surface area contributed by atoms with E-state index in [0.29, 0.717) is 5.82 Å². The van der Waals surface area contributed by atoms with Crippen molar-refractivity contribution < 1.29 is 0 Å². The maximum Gasteiger partial charge on any atom is 0.180 e. The summed E-state index contributed by atoms with van der Waals surface area (Å²) in [6.07, 6.45) is 2.80. The number of rotatable bonds is 4. The Bertz CT molecular complexity index is 549. The zero-order valence-corrected chi connectivity index (χ0v) is 12.3. The molecule has 96 valence electrons. The molecular formula is C12H16BrN5. The number of hydrogen-bond acceptors (Lipinski definition) is 4. The zero-order chi connectivity index (χ0) is 13.1. The van der Waals surface area contributed by atoms with Crippen LogP contribution in [-0.4, -0.2) is 26.3 Å². The largest absolute Gasteiger partial charge is 0.369 e. The normalized spacial score (nSPS) is 10.7. The summed E-state index contributed by atoms with van der Waals surface area (Å²) in [4.78, 5) is 9.03. The number of anilines is 1. The molecule has 2 aromatic rings. The first-order valence-electron chi connectivity index (χ1n) is 5.90. The summed E-state index contributed by atoms with van der Waals surface area (Å²) in [5.74, 6) is 1.52. The average molecular weight is 310 g/mol. The Morgan fingerprint density at radius 1 is 1.39 bits per heavy atom. The number of aryl methyl sites for hydroxylation is 2. The van der Waals surface area contributed by atoms with Crippen LogP contribution < -0.4 is 5.32 Å². The topological polar surface area (TPSA) is 55.6 Å². The van der Waals surface area contributed by atoms with Gasteiger partial charge < -0.3 is 5.32 Å². The number of hydrogen-bond donors (Lipinski definition) is 1. The number of nitrogens with one attached hydrogen (secondary N) is 1. The molecule has 2 heterocycles. The third-order valence-corrected chi connectivity index (χ3v) is 3.56. The van der Waals surface area contributed by atoms with Gasteiger partial charge in [0.15, 0.2) is 5.82 Å². The standard InChI is InChI=1S/C12H16BrN5/c1-4-6-14-12-10(13)8(2)16-11(17-12)9-5-7-15-18(9)3/h5,7H,4,6H2,1-3H3,(H,14,16,17). The second-order valence-corrected chi connectivity index (χ2v) is 4.86. The van der Waals surface area contributed by atoms with Crippen molar-refractivity contribution in [2.75, 3.05) is 11.9 Å². The first-order chi connectivity index (χ1) is 8.63. The Labute approximate surface area is 115 Å². The molecule has 0 spiro atoms. The van der Waals surface area contributed by atoms with Gasteiger partial charge in [-0.2, -0.15) is 5.10 Å². The van der Waals surface area contributed by atoms with Gasteiger partial charge >= 0.3 is 0 Å². The van der Waals surface area contributed by atoms with E-state index in [-0.39, 0.29) is 0 Å². The Hall–Kier alpha value is -1.43. The number of nitrogens with zero attached hydrogens (tertiary/aromatic N) is 4. The van der Waals surface area contributed by atoms with Crippen LogP contribution in [0, 0.1) is 6.92 Å². The third-order valence-electron chi connectivity index (χ3n) is 2.61. The molecule has 2 aromatic heterocycles. The lowest BCUT2D eigenvalue weighted by molar-refractivity contribution is 0.769.